The number of rotatable bonds is 4. The molecule has 4 nitrogen and oxygen atoms in total. The van der Waals surface area contributed by atoms with Crippen molar-refractivity contribution in [2.45, 2.75) is 58.5 Å². The van der Waals surface area contributed by atoms with E-state index in [0.717, 1.165) is 19.5 Å². The van der Waals surface area contributed by atoms with Crippen molar-refractivity contribution in [1.82, 2.24) is 14.7 Å². The highest BCUT2D eigenvalue weighted by molar-refractivity contribution is 5.13. The van der Waals surface area contributed by atoms with Gasteiger partial charge in [-0.1, -0.05) is 20.8 Å². The summed E-state index contributed by atoms with van der Waals surface area (Å²) in [5, 5.41) is 4.34. The van der Waals surface area contributed by atoms with Gasteiger partial charge in [0.25, 0.3) is 0 Å². The van der Waals surface area contributed by atoms with Crippen LogP contribution < -0.4 is 5.73 Å². The van der Waals surface area contributed by atoms with E-state index in [1.165, 1.54) is 24.8 Å². The number of nitrogens with two attached hydrogens (primary N) is 1. The molecule has 20 heavy (non-hydrogen) atoms. The van der Waals surface area contributed by atoms with Crippen LogP contribution in [0.4, 0.5) is 0 Å². The molecule has 0 bridgehead atoms. The van der Waals surface area contributed by atoms with Gasteiger partial charge in [0.1, 0.15) is 0 Å². The Morgan fingerprint density at radius 3 is 2.70 bits per heavy atom. The standard InChI is InChI=1S/C16H30N4/c1-5-14(17)15(13-11-18-19(4)12-13)20-9-6-7-16(2,3)8-10-20/h11-12,14-15H,5-10,17H2,1-4H3. The molecule has 2 atom stereocenters. The van der Waals surface area contributed by atoms with Gasteiger partial charge in [0.15, 0.2) is 0 Å². The first-order valence-electron chi connectivity index (χ1n) is 7.91. The summed E-state index contributed by atoms with van der Waals surface area (Å²) in [5.41, 5.74) is 8.16. The van der Waals surface area contributed by atoms with Crippen molar-refractivity contribution in [3.05, 3.63) is 18.0 Å². The van der Waals surface area contributed by atoms with Crippen molar-refractivity contribution in [2.24, 2.45) is 18.2 Å². The topological polar surface area (TPSA) is 47.1 Å². The Morgan fingerprint density at radius 2 is 2.10 bits per heavy atom. The Morgan fingerprint density at radius 1 is 1.35 bits per heavy atom. The van der Waals surface area contributed by atoms with E-state index < -0.39 is 0 Å². The molecule has 0 saturated carbocycles. The first-order chi connectivity index (χ1) is 9.43. The van der Waals surface area contributed by atoms with E-state index in [-0.39, 0.29) is 6.04 Å². The minimum atomic E-state index is 0.181. The van der Waals surface area contributed by atoms with Crippen LogP contribution >= 0.6 is 0 Å². The van der Waals surface area contributed by atoms with E-state index in [1.54, 1.807) is 0 Å². The van der Waals surface area contributed by atoms with Crippen LogP contribution in [-0.2, 0) is 7.05 Å². The molecule has 0 amide bonds. The number of hydrogen-bond acceptors (Lipinski definition) is 3. The minimum absolute atomic E-state index is 0.181. The van der Waals surface area contributed by atoms with Gasteiger partial charge in [0.2, 0.25) is 0 Å². The van der Waals surface area contributed by atoms with Gasteiger partial charge in [-0.15, -0.1) is 0 Å². The molecule has 2 N–H and O–H groups in total. The van der Waals surface area contributed by atoms with Crippen LogP contribution in [0.1, 0.15) is 58.1 Å². The van der Waals surface area contributed by atoms with Gasteiger partial charge < -0.3 is 5.73 Å². The largest absolute Gasteiger partial charge is 0.326 e. The Kier molecular flexibility index (Phi) is 4.86. The number of likely N-dealkylation sites (tertiary alicyclic amines) is 1. The van der Waals surface area contributed by atoms with E-state index in [1.807, 2.05) is 17.9 Å². The first-order valence-corrected chi connectivity index (χ1v) is 7.91. The summed E-state index contributed by atoms with van der Waals surface area (Å²) in [4.78, 5) is 2.58. The van der Waals surface area contributed by atoms with Crippen LogP contribution in [0.3, 0.4) is 0 Å². The van der Waals surface area contributed by atoms with Crippen LogP contribution in [0.5, 0.6) is 0 Å². The lowest BCUT2D eigenvalue weighted by Crippen LogP contribution is -2.41. The highest BCUT2D eigenvalue weighted by atomic mass is 15.3. The molecule has 1 fully saturated rings. The zero-order valence-corrected chi connectivity index (χ0v) is 13.5. The molecule has 0 aromatic carbocycles. The molecule has 1 saturated heterocycles. The summed E-state index contributed by atoms with van der Waals surface area (Å²) < 4.78 is 1.88. The Hall–Kier alpha value is -0.870. The summed E-state index contributed by atoms with van der Waals surface area (Å²) in [6, 6.07) is 0.489. The van der Waals surface area contributed by atoms with Crippen molar-refractivity contribution >= 4 is 0 Å². The van der Waals surface area contributed by atoms with E-state index in [2.05, 4.69) is 37.0 Å². The molecule has 1 aliphatic rings. The molecule has 0 aliphatic carbocycles. The summed E-state index contributed by atoms with van der Waals surface area (Å²) in [5.74, 6) is 0. The fourth-order valence-electron chi connectivity index (χ4n) is 3.27. The van der Waals surface area contributed by atoms with E-state index in [4.69, 9.17) is 5.73 Å². The second-order valence-corrected chi connectivity index (χ2v) is 7.02. The van der Waals surface area contributed by atoms with Gasteiger partial charge in [-0.05, 0) is 44.2 Å². The van der Waals surface area contributed by atoms with Gasteiger partial charge in [-0.25, -0.2) is 0 Å². The molecule has 2 rings (SSSR count). The third kappa shape index (κ3) is 3.61. The molecule has 1 aromatic heterocycles. The monoisotopic (exact) mass is 278 g/mol. The highest BCUT2D eigenvalue weighted by Crippen LogP contribution is 2.34. The van der Waals surface area contributed by atoms with Gasteiger partial charge in [-0.3, -0.25) is 9.58 Å². The van der Waals surface area contributed by atoms with Crippen molar-refractivity contribution in [3.63, 3.8) is 0 Å². The van der Waals surface area contributed by atoms with Crippen molar-refractivity contribution in [2.75, 3.05) is 13.1 Å². The molecule has 1 aromatic rings. The summed E-state index contributed by atoms with van der Waals surface area (Å²) in [7, 11) is 1.98. The lowest BCUT2D eigenvalue weighted by molar-refractivity contribution is 0.168. The summed E-state index contributed by atoms with van der Waals surface area (Å²) >= 11 is 0. The number of aromatic nitrogens is 2. The molecule has 0 radical (unpaired) electrons. The predicted octanol–water partition coefficient (Wildman–Crippen LogP) is 2.71. The zero-order valence-electron chi connectivity index (χ0n) is 13.5. The van der Waals surface area contributed by atoms with Gasteiger partial charge in [0.05, 0.1) is 12.2 Å². The van der Waals surface area contributed by atoms with Gasteiger partial charge in [0, 0.05) is 24.8 Å². The normalized spacial score (nSPS) is 23.2. The predicted molar refractivity (Wildman–Crippen MR) is 83.4 cm³/mol. The molecule has 2 unspecified atom stereocenters. The molecule has 114 valence electrons. The molecule has 2 heterocycles. The fraction of sp³-hybridized carbons (Fsp3) is 0.812. The van der Waals surface area contributed by atoms with Gasteiger partial charge >= 0.3 is 0 Å². The molecule has 4 heteroatoms. The van der Waals surface area contributed by atoms with Crippen LogP contribution in [0.25, 0.3) is 0 Å². The Bertz CT molecular complexity index is 424. The maximum Gasteiger partial charge on any atom is 0.0538 e. The number of aryl methyl sites for hydroxylation is 1. The minimum Gasteiger partial charge on any atom is -0.326 e. The summed E-state index contributed by atoms with van der Waals surface area (Å²) in [6.07, 6.45) is 8.93. The quantitative estimate of drug-likeness (QED) is 0.921. The maximum atomic E-state index is 6.43. The van der Waals surface area contributed by atoms with Crippen LogP contribution in [-0.4, -0.2) is 33.8 Å². The molecule has 0 spiro atoms. The van der Waals surface area contributed by atoms with E-state index in [0.29, 0.717) is 11.5 Å². The second kappa shape index (κ2) is 6.27. The first kappa shape index (κ1) is 15.5. The van der Waals surface area contributed by atoms with E-state index in [9.17, 15) is 0 Å². The van der Waals surface area contributed by atoms with Crippen LogP contribution in [0, 0.1) is 5.41 Å². The SMILES string of the molecule is CCC(N)C(c1cnn(C)c1)N1CCCC(C)(C)CC1. The third-order valence-electron chi connectivity index (χ3n) is 4.71. The second-order valence-electron chi connectivity index (χ2n) is 7.02. The Balaban J connectivity index is 2.18. The smallest absolute Gasteiger partial charge is 0.0538 e. The fourth-order valence-corrected chi connectivity index (χ4v) is 3.27. The van der Waals surface area contributed by atoms with Crippen LogP contribution in [0.15, 0.2) is 12.4 Å². The maximum absolute atomic E-state index is 6.43. The third-order valence-corrected chi connectivity index (χ3v) is 4.71. The molecule has 1 aliphatic heterocycles. The summed E-state index contributed by atoms with van der Waals surface area (Å²) in [6.45, 7) is 9.23. The van der Waals surface area contributed by atoms with Crippen molar-refractivity contribution < 1.29 is 0 Å². The highest BCUT2D eigenvalue weighted by Gasteiger charge is 2.31. The average Bonchev–Trinajstić information content (AvgIpc) is 2.73. The molecular weight excluding hydrogens is 248 g/mol. The van der Waals surface area contributed by atoms with Gasteiger partial charge in [-0.2, -0.15) is 5.10 Å². The zero-order chi connectivity index (χ0) is 14.8. The molecular formula is C16H30N4. The van der Waals surface area contributed by atoms with Crippen molar-refractivity contribution in [3.8, 4) is 0 Å². The van der Waals surface area contributed by atoms with Crippen LogP contribution in [0.2, 0.25) is 0 Å². The number of nitrogens with zero attached hydrogens (tertiary/aromatic N) is 3. The average molecular weight is 278 g/mol. The van der Waals surface area contributed by atoms with Crippen molar-refractivity contribution in [1.29, 1.82) is 0 Å². The lowest BCUT2D eigenvalue weighted by Gasteiger charge is -2.34. The van der Waals surface area contributed by atoms with E-state index >= 15 is 0 Å². The Labute approximate surface area is 123 Å². The number of hydrogen-bond donors (Lipinski definition) is 1. The lowest BCUT2D eigenvalue weighted by atomic mass is 9.85.